The van der Waals surface area contributed by atoms with E-state index in [1.807, 2.05) is 0 Å². The molecule has 2 amide bonds. The van der Waals surface area contributed by atoms with Crippen LogP contribution in [0.25, 0.3) is 0 Å². The number of carbonyl (C=O) groups excluding carboxylic acids is 1. The number of nitrogens with one attached hydrogen (secondary N) is 2. The van der Waals surface area contributed by atoms with E-state index in [1.54, 1.807) is 13.8 Å². The zero-order chi connectivity index (χ0) is 14.0. The Morgan fingerprint density at radius 1 is 1.44 bits per heavy atom. The highest BCUT2D eigenvalue weighted by atomic mass is 32.2. The summed E-state index contributed by atoms with van der Waals surface area (Å²) in [6.45, 7) is 3.24. The molecule has 0 spiro atoms. The predicted molar refractivity (Wildman–Crippen MR) is 65.1 cm³/mol. The molecule has 2 unspecified atom stereocenters. The lowest BCUT2D eigenvalue weighted by Gasteiger charge is -2.25. The minimum Gasteiger partial charge on any atom is -0.481 e. The fourth-order valence-electron chi connectivity index (χ4n) is 1.96. The first-order valence-corrected chi connectivity index (χ1v) is 7.45. The van der Waals surface area contributed by atoms with Crippen molar-refractivity contribution >= 4 is 21.8 Å². The summed E-state index contributed by atoms with van der Waals surface area (Å²) >= 11 is 0. The number of hydrogen-bond acceptors (Lipinski definition) is 4. The second kappa shape index (κ2) is 5.13. The van der Waals surface area contributed by atoms with Crippen LogP contribution in [0.2, 0.25) is 0 Å². The molecule has 1 aliphatic rings. The third kappa shape index (κ3) is 4.52. The summed E-state index contributed by atoms with van der Waals surface area (Å²) in [6, 6.07) is -1.05. The monoisotopic (exact) mass is 278 g/mol. The van der Waals surface area contributed by atoms with Crippen LogP contribution in [0, 0.1) is 0 Å². The highest BCUT2D eigenvalue weighted by Gasteiger charge is 2.39. The summed E-state index contributed by atoms with van der Waals surface area (Å²) in [6.07, 6.45) is 0.193. The number of carboxylic acids is 1. The minimum atomic E-state index is -3.08. The standard InChI is InChI=1S/C10H18N2O5S/c1-7(5-8(13)14)11-9(15)12-10(2)3-4-18(16,17)6-10/h7H,3-6H2,1-2H3,(H,13,14)(H2,11,12,15). The van der Waals surface area contributed by atoms with E-state index >= 15 is 0 Å². The number of amides is 2. The molecule has 1 rings (SSSR count). The van der Waals surface area contributed by atoms with Crippen LogP contribution in [-0.4, -0.2) is 48.6 Å². The molecule has 8 heteroatoms. The van der Waals surface area contributed by atoms with E-state index in [-0.39, 0.29) is 17.9 Å². The van der Waals surface area contributed by atoms with Gasteiger partial charge in [-0.3, -0.25) is 4.79 Å². The number of hydrogen-bond donors (Lipinski definition) is 3. The summed E-state index contributed by atoms with van der Waals surface area (Å²) in [5, 5.41) is 13.6. The van der Waals surface area contributed by atoms with Crippen molar-refractivity contribution in [1.29, 1.82) is 0 Å². The van der Waals surface area contributed by atoms with Gasteiger partial charge in [0, 0.05) is 6.04 Å². The molecule has 1 fully saturated rings. The summed E-state index contributed by atoms with van der Waals surface area (Å²) < 4.78 is 22.7. The van der Waals surface area contributed by atoms with Crippen molar-refractivity contribution in [2.24, 2.45) is 0 Å². The summed E-state index contributed by atoms with van der Waals surface area (Å²) in [5.74, 6) is -1.02. The van der Waals surface area contributed by atoms with Crippen LogP contribution in [0.3, 0.4) is 0 Å². The Labute approximate surface area is 106 Å². The molecule has 3 N–H and O–H groups in total. The lowest BCUT2D eigenvalue weighted by atomic mass is 10.0. The van der Waals surface area contributed by atoms with Gasteiger partial charge in [-0.05, 0) is 20.3 Å². The average molecular weight is 278 g/mol. The molecule has 2 atom stereocenters. The van der Waals surface area contributed by atoms with Crippen LogP contribution in [0.1, 0.15) is 26.7 Å². The van der Waals surface area contributed by atoms with Crippen molar-refractivity contribution in [3.05, 3.63) is 0 Å². The molecule has 0 aromatic carbocycles. The van der Waals surface area contributed by atoms with Crippen molar-refractivity contribution in [3.8, 4) is 0 Å². The second-order valence-electron chi connectivity index (χ2n) is 5.00. The maximum absolute atomic E-state index is 11.6. The molecule has 0 bridgehead atoms. The van der Waals surface area contributed by atoms with Gasteiger partial charge in [-0.2, -0.15) is 0 Å². The Morgan fingerprint density at radius 2 is 2.06 bits per heavy atom. The van der Waals surface area contributed by atoms with Gasteiger partial charge in [-0.25, -0.2) is 13.2 Å². The highest BCUT2D eigenvalue weighted by Crippen LogP contribution is 2.22. The smallest absolute Gasteiger partial charge is 0.315 e. The lowest BCUT2D eigenvalue weighted by molar-refractivity contribution is -0.137. The molecule has 0 aromatic heterocycles. The van der Waals surface area contributed by atoms with E-state index in [9.17, 15) is 18.0 Å². The average Bonchev–Trinajstić information content (AvgIpc) is 2.37. The number of rotatable bonds is 4. The first kappa shape index (κ1) is 14.7. The molecule has 0 aromatic rings. The van der Waals surface area contributed by atoms with Gasteiger partial charge in [0.2, 0.25) is 0 Å². The molecule has 1 heterocycles. The number of carboxylic acid groups (broad SMARTS) is 1. The molecule has 1 saturated heterocycles. The van der Waals surface area contributed by atoms with Gasteiger partial charge >= 0.3 is 12.0 Å². The normalized spacial score (nSPS) is 27.4. The Kier molecular flexibility index (Phi) is 4.20. The van der Waals surface area contributed by atoms with Crippen molar-refractivity contribution in [2.45, 2.75) is 38.3 Å². The predicted octanol–water partition coefficient (Wildman–Crippen LogP) is -0.274. The number of carbonyl (C=O) groups is 2. The topological polar surface area (TPSA) is 113 Å². The van der Waals surface area contributed by atoms with E-state index in [0.29, 0.717) is 6.42 Å². The highest BCUT2D eigenvalue weighted by molar-refractivity contribution is 7.91. The zero-order valence-corrected chi connectivity index (χ0v) is 11.2. The lowest BCUT2D eigenvalue weighted by Crippen LogP contribution is -2.52. The van der Waals surface area contributed by atoms with Gasteiger partial charge in [0.15, 0.2) is 9.84 Å². The van der Waals surface area contributed by atoms with Crippen LogP contribution in [0.5, 0.6) is 0 Å². The van der Waals surface area contributed by atoms with Crippen molar-refractivity contribution in [2.75, 3.05) is 11.5 Å². The van der Waals surface area contributed by atoms with Crippen LogP contribution in [0.4, 0.5) is 4.79 Å². The molecule has 0 aliphatic carbocycles. The first-order valence-electron chi connectivity index (χ1n) is 5.63. The van der Waals surface area contributed by atoms with E-state index < -0.39 is 33.4 Å². The van der Waals surface area contributed by atoms with E-state index in [1.165, 1.54) is 0 Å². The molecule has 0 radical (unpaired) electrons. The molecule has 0 saturated carbocycles. The summed E-state index contributed by atoms with van der Waals surface area (Å²) in [5.41, 5.74) is -0.772. The van der Waals surface area contributed by atoms with Gasteiger partial charge < -0.3 is 15.7 Å². The summed E-state index contributed by atoms with van der Waals surface area (Å²) in [4.78, 5) is 22.0. The van der Waals surface area contributed by atoms with Crippen LogP contribution in [-0.2, 0) is 14.6 Å². The van der Waals surface area contributed by atoms with Gasteiger partial charge in [0.05, 0.1) is 23.5 Å². The van der Waals surface area contributed by atoms with Crippen molar-refractivity contribution < 1.29 is 23.1 Å². The van der Waals surface area contributed by atoms with Crippen LogP contribution in [0.15, 0.2) is 0 Å². The third-order valence-electron chi connectivity index (χ3n) is 2.78. The van der Waals surface area contributed by atoms with Crippen molar-refractivity contribution in [1.82, 2.24) is 10.6 Å². The molecule has 7 nitrogen and oxygen atoms in total. The third-order valence-corrected chi connectivity index (χ3v) is 4.68. The van der Waals surface area contributed by atoms with Gasteiger partial charge in [0.25, 0.3) is 0 Å². The van der Waals surface area contributed by atoms with Gasteiger partial charge in [-0.15, -0.1) is 0 Å². The molecule has 104 valence electrons. The van der Waals surface area contributed by atoms with Crippen LogP contribution < -0.4 is 10.6 Å². The SMILES string of the molecule is CC(CC(=O)O)NC(=O)NC1(C)CCS(=O)(=O)C1. The maximum Gasteiger partial charge on any atom is 0.315 e. The fourth-order valence-corrected chi connectivity index (χ4v) is 4.05. The number of urea groups is 1. The summed E-state index contributed by atoms with van der Waals surface area (Å²) in [7, 11) is -3.08. The Balaban J connectivity index is 2.48. The molecule has 18 heavy (non-hydrogen) atoms. The second-order valence-corrected chi connectivity index (χ2v) is 7.18. The minimum absolute atomic E-state index is 0.0639. The molecular weight excluding hydrogens is 260 g/mol. The fraction of sp³-hybridized carbons (Fsp3) is 0.800. The Morgan fingerprint density at radius 3 is 2.50 bits per heavy atom. The van der Waals surface area contributed by atoms with E-state index in [0.717, 1.165) is 0 Å². The van der Waals surface area contributed by atoms with Crippen LogP contribution >= 0.6 is 0 Å². The number of sulfone groups is 1. The number of aliphatic carboxylic acids is 1. The van der Waals surface area contributed by atoms with Gasteiger partial charge in [0.1, 0.15) is 0 Å². The maximum atomic E-state index is 11.6. The Hall–Kier alpha value is -1.31. The zero-order valence-electron chi connectivity index (χ0n) is 10.4. The molecular formula is C10H18N2O5S. The van der Waals surface area contributed by atoms with Gasteiger partial charge in [-0.1, -0.05) is 0 Å². The van der Waals surface area contributed by atoms with E-state index in [2.05, 4.69) is 10.6 Å². The molecule has 1 aliphatic heterocycles. The Bertz CT molecular complexity index is 447. The van der Waals surface area contributed by atoms with E-state index in [4.69, 9.17) is 5.11 Å². The van der Waals surface area contributed by atoms with Crippen molar-refractivity contribution in [3.63, 3.8) is 0 Å². The largest absolute Gasteiger partial charge is 0.481 e. The quantitative estimate of drug-likeness (QED) is 0.655. The first-order chi connectivity index (χ1) is 8.12.